The van der Waals surface area contributed by atoms with E-state index in [0.717, 1.165) is 22.9 Å². The van der Waals surface area contributed by atoms with E-state index in [9.17, 15) is 9.59 Å². The van der Waals surface area contributed by atoms with Crippen LogP contribution >= 0.6 is 0 Å². The third-order valence-corrected chi connectivity index (χ3v) is 4.45. The van der Waals surface area contributed by atoms with Crippen molar-refractivity contribution in [3.63, 3.8) is 0 Å². The lowest BCUT2D eigenvalue weighted by atomic mass is 10.1. The van der Waals surface area contributed by atoms with Crippen molar-refractivity contribution in [1.29, 1.82) is 0 Å². The topological polar surface area (TPSA) is 77.6 Å². The minimum Gasteiger partial charge on any atom is -0.497 e. The van der Waals surface area contributed by atoms with E-state index in [1.165, 1.54) is 14.2 Å². The molecular weight excluding hydrogens is 346 g/mol. The molecule has 0 amide bonds. The minimum absolute atomic E-state index is 0.235. The van der Waals surface area contributed by atoms with Crippen LogP contribution in [-0.4, -0.2) is 37.6 Å². The summed E-state index contributed by atoms with van der Waals surface area (Å²) in [4.78, 5) is 28.1. The van der Waals surface area contributed by atoms with Crippen molar-refractivity contribution < 1.29 is 23.8 Å². The number of benzene rings is 2. The highest BCUT2D eigenvalue weighted by Crippen LogP contribution is 2.26. The fourth-order valence-electron chi connectivity index (χ4n) is 3.00. The molecule has 0 aliphatic carbocycles. The number of carbonyl (C=O) groups is 2. The number of rotatable bonds is 7. The fourth-order valence-corrected chi connectivity index (χ4v) is 3.00. The molecule has 0 bridgehead atoms. The number of fused-ring (bicyclic) bond motifs is 1. The standard InChI is InChI=1S/C21H21NO5/c1-4-13-6-5-7-15-17(11-22-20(13)15)18(23)12-27-21(24)16-9-8-14(25-2)10-19(16)26-3/h5-11,22H,4,12H2,1-3H3. The maximum Gasteiger partial charge on any atom is 0.342 e. The smallest absolute Gasteiger partial charge is 0.342 e. The van der Waals surface area contributed by atoms with Crippen LogP contribution in [0.15, 0.2) is 42.6 Å². The van der Waals surface area contributed by atoms with Gasteiger partial charge in [0.15, 0.2) is 6.61 Å². The first kappa shape index (κ1) is 18.5. The molecule has 0 saturated heterocycles. The van der Waals surface area contributed by atoms with E-state index in [0.29, 0.717) is 17.1 Å². The highest BCUT2D eigenvalue weighted by Gasteiger charge is 2.19. The van der Waals surface area contributed by atoms with Crippen LogP contribution in [-0.2, 0) is 11.2 Å². The first-order chi connectivity index (χ1) is 13.1. The monoisotopic (exact) mass is 367 g/mol. The summed E-state index contributed by atoms with van der Waals surface area (Å²) in [5, 5.41) is 0.831. The molecule has 0 spiro atoms. The molecule has 0 aliphatic rings. The highest BCUT2D eigenvalue weighted by molar-refractivity contribution is 6.09. The number of hydrogen-bond donors (Lipinski definition) is 1. The number of aromatic nitrogens is 1. The predicted molar refractivity (Wildman–Crippen MR) is 102 cm³/mol. The van der Waals surface area contributed by atoms with Crippen molar-refractivity contribution >= 4 is 22.7 Å². The Labute approximate surface area is 157 Å². The third kappa shape index (κ3) is 3.65. The summed E-state index contributed by atoms with van der Waals surface area (Å²) in [6.45, 7) is 1.71. The second-order valence-corrected chi connectivity index (χ2v) is 5.96. The molecule has 3 aromatic rings. The molecule has 1 N–H and O–H groups in total. The molecule has 0 unspecified atom stereocenters. The van der Waals surface area contributed by atoms with Gasteiger partial charge in [-0.2, -0.15) is 0 Å². The number of methoxy groups -OCH3 is 2. The number of nitrogens with one attached hydrogen (secondary N) is 1. The average Bonchev–Trinajstić information content (AvgIpc) is 3.15. The maximum atomic E-state index is 12.6. The summed E-state index contributed by atoms with van der Waals surface area (Å²) >= 11 is 0. The molecule has 6 nitrogen and oxygen atoms in total. The number of Topliss-reactive ketones (excluding diaryl/α,β-unsaturated/α-hetero) is 1. The highest BCUT2D eigenvalue weighted by atomic mass is 16.5. The molecular formula is C21H21NO5. The summed E-state index contributed by atoms with van der Waals surface area (Å²) in [7, 11) is 2.98. The lowest BCUT2D eigenvalue weighted by Gasteiger charge is -2.10. The summed E-state index contributed by atoms with van der Waals surface area (Å²) in [6.07, 6.45) is 2.52. The molecule has 0 aliphatic heterocycles. The molecule has 140 valence electrons. The van der Waals surface area contributed by atoms with Crippen molar-refractivity contribution in [3.8, 4) is 11.5 Å². The van der Waals surface area contributed by atoms with E-state index in [4.69, 9.17) is 14.2 Å². The van der Waals surface area contributed by atoms with E-state index >= 15 is 0 Å². The zero-order chi connectivity index (χ0) is 19.4. The Morgan fingerprint density at radius 2 is 1.85 bits per heavy atom. The van der Waals surface area contributed by atoms with Gasteiger partial charge in [-0.25, -0.2) is 4.79 Å². The number of ether oxygens (including phenoxy) is 3. The van der Waals surface area contributed by atoms with Crippen molar-refractivity contribution in [2.45, 2.75) is 13.3 Å². The Balaban J connectivity index is 1.75. The predicted octanol–water partition coefficient (Wildman–Crippen LogP) is 3.79. The molecule has 0 fully saturated rings. The van der Waals surface area contributed by atoms with Crippen molar-refractivity contribution in [2.24, 2.45) is 0 Å². The number of carbonyl (C=O) groups excluding carboxylic acids is 2. The van der Waals surface area contributed by atoms with E-state index in [1.807, 2.05) is 18.2 Å². The number of aryl methyl sites for hydroxylation is 1. The van der Waals surface area contributed by atoms with Crippen LogP contribution in [0.25, 0.3) is 10.9 Å². The Hall–Kier alpha value is -3.28. The van der Waals surface area contributed by atoms with Gasteiger partial charge >= 0.3 is 5.97 Å². The van der Waals surface area contributed by atoms with E-state index in [1.54, 1.807) is 24.4 Å². The van der Waals surface area contributed by atoms with Gasteiger partial charge in [0, 0.05) is 28.7 Å². The summed E-state index contributed by atoms with van der Waals surface area (Å²) in [6, 6.07) is 10.6. The van der Waals surface area contributed by atoms with Gasteiger partial charge in [-0.1, -0.05) is 25.1 Å². The quantitative estimate of drug-likeness (QED) is 0.508. The van der Waals surface area contributed by atoms with E-state index < -0.39 is 5.97 Å². The van der Waals surface area contributed by atoms with Gasteiger partial charge in [-0.05, 0) is 24.1 Å². The van der Waals surface area contributed by atoms with Crippen LogP contribution < -0.4 is 9.47 Å². The molecule has 2 aromatic carbocycles. The van der Waals surface area contributed by atoms with Crippen LogP contribution in [0.5, 0.6) is 11.5 Å². The van der Waals surface area contributed by atoms with Crippen LogP contribution in [0.2, 0.25) is 0 Å². The number of hydrogen-bond acceptors (Lipinski definition) is 5. The summed E-state index contributed by atoms with van der Waals surface area (Å²) < 4.78 is 15.5. The number of para-hydroxylation sites is 1. The van der Waals surface area contributed by atoms with Gasteiger partial charge in [-0.3, -0.25) is 4.79 Å². The lowest BCUT2D eigenvalue weighted by molar-refractivity contribution is 0.0472. The van der Waals surface area contributed by atoms with Gasteiger partial charge < -0.3 is 19.2 Å². The van der Waals surface area contributed by atoms with E-state index in [-0.39, 0.29) is 18.0 Å². The Morgan fingerprint density at radius 1 is 1.04 bits per heavy atom. The second kappa shape index (κ2) is 7.95. The molecule has 0 atom stereocenters. The number of H-pyrrole nitrogens is 1. The number of ketones is 1. The molecule has 0 saturated carbocycles. The average molecular weight is 367 g/mol. The molecule has 3 rings (SSSR count). The SMILES string of the molecule is CCc1cccc2c(C(=O)COC(=O)c3ccc(OC)cc3OC)c[nH]c12. The van der Waals surface area contributed by atoms with Crippen LogP contribution in [0.4, 0.5) is 0 Å². The maximum absolute atomic E-state index is 12.6. The van der Waals surface area contributed by atoms with Crippen molar-refractivity contribution in [1.82, 2.24) is 4.98 Å². The first-order valence-electron chi connectivity index (χ1n) is 8.60. The van der Waals surface area contributed by atoms with Crippen molar-refractivity contribution in [3.05, 3.63) is 59.3 Å². The summed E-state index contributed by atoms with van der Waals surface area (Å²) in [5.41, 5.74) is 2.81. The van der Waals surface area contributed by atoms with Gasteiger partial charge in [0.05, 0.1) is 14.2 Å². The molecule has 0 radical (unpaired) electrons. The largest absolute Gasteiger partial charge is 0.497 e. The second-order valence-electron chi connectivity index (χ2n) is 5.96. The zero-order valence-corrected chi connectivity index (χ0v) is 15.5. The minimum atomic E-state index is -0.628. The Morgan fingerprint density at radius 3 is 2.56 bits per heavy atom. The fraction of sp³-hybridized carbons (Fsp3) is 0.238. The number of esters is 1. The molecule has 1 heterocycles. The molecule has 1 aromatic heterocycles. The Kier molecular flexibility index (Phi) is 5.45. The van der Waals surface area contributed by atoms with E-state index in [2.05, 4.69) is 11.9 Å². The Bertz CT molecular complexity index is 989. The molecule has 27 heavy (non-hydrogen) atoms. The first-order valence-corrected chi connectivity index (χ1v) is 8.60. The normalized spacial score (nSPS) is 10.6. The lowest BCUT2D eigenvalue weighted by Crippen LogP contribution is -2.14. The van der Waals surface area contributed by atoms with Crippen molar-refractivity contribution in [2.75, 3.05) is 20.8 Å². The van der Waals surface area contributed by atoms with Crippen LogP contribution in [0.3, 0.4) is 0 Å². The van der Waals surface area contributed by atoms with Gasteiger partial charge in [0.25, 0.3) is 0 Å². The third-order valence-electron chi connectivity index (χ3n) is 4.45. The zero-order valence-electron chi connectivity index (χ0n) is 15.5. The van der Waals surface area contributed by atoms with Gasteiger partial charge in [0.2, 0.25) is 5.78 Å². The van der Waals surface area contributed by atoms with Crippen LogP contribution in [0, 0.1) is 0 Å². The van der Waals surface area contributed by atoms with Crippen LogP contribution in [0.1, 0.15) is 33.2 Å². The number of aromatic amines is 1. The summed E-state index contributed by atoms with van der Waals surface area (Å²) in [5.74, 6) is -0.0104. The molecule has 6 heteroatoms. The van der Waals surface area contributed by atoms with Gasteiger partial charge in [-0.15, -0.1) is 0 Å². The van der Waals surface area contributed by atoms with Gasteiger partial charge in [0.1, 0.15) is 17.1 Å².